The van der Waals surface area contributed by atoms with E-state index >= 15 is 0 Å². The summed E-state index contributed by atoms with van der Waals surface area (Å²) in [6.07, 6.45) is 1.79. The van der Waals surface area contributed by atoms with Crippen LogP contribution in [0.25, 0.3) is 32.2 Å². The molecule has 0 radical (unpaired) electrons. The van der Waals surface area contributed by atoms with E-state index in [4.69, 9.17) is 10.5 Å². The molecule has 0 fully saturated rings. The largest absolute Gasteiger partial charge is 0.480 e. The first-order chi connectivity index (χ1) is 25.7. The number of imidazole rings is 1. The second-order valence-electron chi connectivity index (χ2n) is 12.2. The summed E-state index contributed by atoms with van der Waals surface area (Å²) >= 11 is 1.28. The van der Waals surface area contributed by atoms with Crippen molar-refractivity contribution in [3.63, 3.8) is 0 Å². The zero-order chi connectivity index (χ0) is 36.9. The number of fused-ring (bicyclic) bond motifs is 3. The van der Waals surface area contributed by atoms with Crippen LogP contribution in [0, 0.1) is 0 Å². The van der Waals surface area contributed by atoms with Gasteiger partial charge >= 0.3 is 6.01 Å². The Morgan fingerprint density at radius 2 is 1.51 bits per heavy atom. The van der Waals surface area contributed by atoms with Crippen molar-refractivity contribution < 1.29 is 24.2 Å². The van der Waals surface area contributed by atoms with E-state index in [-0.39, 0.29) is 60.7 Å². The number of anilines is 2. The van der Waals surface area contributed by atoms with Crippen LogP contribution in [0.4, 0.5) is 10.9 Å². The van der Waals surface area contributed by atoms with Crippen molar-refractivity contribution >= 4 is 72.2 Å². The summed E-state index contributed by atoms with van der Waals surface area (Å²) in [4.78, 5) is 55.8. The molecular formula is C38H35N9O5S. The molecule has 0 aliphatic heterocycles. The number of thiazole rings is 1. The molecule has 7 aromatic rings. The molecule has 3 amide bonds. The first kappa shape index (κ1) is 34.8. The predicted octanol–water partition coefficient (Wildman–Crippen LogP) is 5.52. The quantitative estimate of drug-likeness (QED) is 0.0943. The van der Waals surface area contributed by atoms with Crippen LogP contribution >= 0.6 is 11.3 Å². The number of aromatic hydroxyl groups is 1. The molecule has 0 atom stereocenters. The van der Waals surface area contributed by atoms with Gasteiger partial charge in [-0.05, 0) is 65.2 Å². The minimum Gasteiger partial charge on any atom is -0.480 e. The maximum absolute atomic E-state index is 12.9. The molecule has 15 heteroatoms. The lowest BCUT2D eigenvalue weighted by atomic mass is 10.1. The number of amides is 3. The lowest BCUT2D eigenvalue weighted by molar-refractivity contribution is 0.0928. The van der Waals surface area contributed by atoms with E-state index in [0.29, 0.717) is 39.6 Å². The number of nitrogens with one attached hydrogen (secondary N) is 3. The monoisotopic (exact) mass is 729 g/mol. The Bertz CT molecular complexity index is 2480. The maximum atomic E-state index is 12.9. The molecule has 0 spiro atoms. The molecule has 0 saturated heterocycles. The Balaban J connectivity index is 0.902. The van der Waals surface area contributed by atoms with Crippen molar-refractivity contribution in [2.75, 3.05) is 30.7 Å². The first-order valence-electron chi connectivity index (χ1n) is 17.0. The molecule has 7 rings (SSSR count). The Morgan fingerprint density at radius 1 is 0.811 bits per heavy atom. The van der Waals surface area contributed by atoms with Crippen LogP contribution in [-0.2, 0) is 6.54 Å². The molecule has 0 unspecified atom stereocenters. The number of hydrogen-bond donors (Lipinski definition) is 5. The topological polar surface area (TPSA) is 199 Å². The average molecular weight is 730 g/mol. The first-order valence-corrected chi connectivity index (χ1v) is 17.8. The summed E-state index contributed by atoms with van der Waals surface area (Å²) in [5, 5.41) is 21.5. The fourth-order valence-electron chi connectivity index (χ4n) is 5.63. The van der Waals surface area contributed by atoms with E-state index in [1.807, 2.05) is 43.3 Å². The lowest BCUT2D eigenvalue weighted by Crippen LogP contribution is -2.34. The second kappa shape index (κ2) is 15.3. The van der Waals surface area contributed by atoms with Gasteiger partial charge < -0.3 is 26.2 Å². The number of ether oxygens (including phenoxy) is 1. The van der Waals surface area contributed by atoms with Crippen LogP contribution in [0.3, 0.4) is 0 Å². The van der Waals surface area contributed by atoms with Crippen LogP contribution in [0.2, 0.25) is 0 Å². The van der Waals surface area contributed by atoms with Crippen molar-refractivity contribution in [2.45, 2.75) is 26.3 Å². The summed E-state index contributed by atoms with van der Waals surface area (Å²) in [5.74, 6) is -0.769. The number of benzene rings is 4. The van der Waals surface area contributed by atoms with Gasteiger partial charge in [-0.15, -0.1) is 0 Å². The number of rotatable bonds is 13. The van der Waals surface area contributed by atoms with Gasteiger partial charge in [0.25, 0.3) is 23.7 Å². The average Bonchev–Trinajstić information content (AvgIpc) is 3.72. The molecule has 6 N–H and O–H groups in total. The Kier molecular flexibility index (Phi) is 10.1. The van der Waals surface area contributed by atoms with Crippen molar-refractivity contribution in [3.05, 3.63) is 107 Å². The third-order valence-electron chi connectivity index (χ3n) is 8.45. The number of carbonyl (C=O) groups excluding carboxylic acids is 3. The number of hydrogen-bond acceptors (Lipinski definition) is 11. The number of aromatic nitrogens is 5. The van der Waals surface area contributed by atoms with Gasteiger partial charge in [0.05, 0.1) is 23.4 Å². The molecule has 268 valence electrons. The molecule has 3 heterocycles. The van der Waals surface area contributed by atoms with Crippen molar-refractivity contribution in [1.29, 1.82) is 0 Å². The van der Waals surface area contributed by atoms with Crippen molar-refractivity contribution in [1.82, 2.24) is 35.1 Å². The number of carbonyl (C=O) groups is 3. The predicted molar refractivity (Wildman–Crippen MR) is 204 cm³/mol. The highest BCUT2D eigenvalue weighted by Crippen LogP contribution is 2.28. The van der Waals surface area contributed by atoms with Gasteiger partial charge in [0.1, 0.15) is 0 Å². The van der Waals surface area contributed by atoms with Gasteiger partial charge in [-0.1, -0.05) is 67.1 Å². The third kappa shape index (κ3) is 7.84. The van der Waals surface area contributed by atoms with Gasteiger partial charge in [0.15, 0.2) is 22.1 Å². The Hall–Kier alpha value is -6.61. The van der Waals surface area contributed by atoms with E-state index in [1.54, 1.807) is 48.5 Å². The highest BCUT2D eigenvalue weighted by atomic mass is 32.1. The van der Waals surface area contributed by atoms with Crippen LogP contribution in [0.15, 0.2) is 84.9 Å². The molecule has 0 saturated carbocycles. The van der Waals surface area contributed by atoms with Gasteiger partial charge in [0, 0.05) is 29.8 Å². The highest BCUT2D eigenvalue weighted by Gasteiger charge is 2.18. The van der Waals surface area contributed by atoms with Gasteiger partial charge in [-0.2, -0.15) is 15.0 Å². The molecule has 0 aliphatic rings. The van der Waals surface area contributed by atoms with Gasteiger partial charge in [-0.25, -0.2) is 4.98 Å². The maximum Gasteiger partial charge on any atom is 0.320 e. The summed E-state index contributed by atoms with van der Waals surface area (Å²) < 4.78 is 7.85. The van der Waals surface area contributed by atoms with Crippen LogP contribution in [0.1, 0.15) is 56.4 Å². The van der Waals surface area contributed by atoms with E-state index in [0.717, 1.165) is 33.9 Å². The summed E-state index contributed by atoms with van der Waals surface area (Å²) in [5.41, 5.74) is 9.48. The fourth-order valence-corrected chi connectivity index (χ4v) is 6.53. The summed E-state index contributed by atoms with van der Waals surface area (Å²) in [6.45, 7) is 3.12. The zero-order valence-electron chi connectivity index (χ0n) is 28.6. The smallest absolute Gasteiger partial charge is 0.320 e. The van der Waals surface area contributed by atoms with Crippen LogP contribution < -0.4 is 26.4 Å². The molecule has 0 bridgehead atoms. The number of nitrogens with zero attached hydrogens (tertiary/aromatic N) is 5. The number of unbranched alkanes of at least 4 members (excludes halogenated alkanes) is 1. The lowest BCUT2D eigenvalue weighted by Gasteiger charge is -2.09. The van der Waals surface area contributed by atoms with E-state index in [1.165, 1.54) is 15.9 Å². The molecule has 0 aliphatic carbocycles. The van der Waals surface area contributed by atoms with Crippen molar-refractivity contribution in [2.24, 2.45) is 0 Å². The summed E-state index contributed by atoms with van der Waals surface area (Å²) in [7, 11) is 0. The zero-order valence-corrected chi connectivity index (χ0v) is 29.4. The van der Waals surface area contributed by atoms with E-state index in [2.05, 4.69) is 35.9 Å². The second-order valence-corrected chi connectivity index (χ2v) is 13.2. The van der Waals surface area contributed by atoms with Crippen LogP contribution in [0.5, 0.6) is 12.0 Å². The SMILES string of the molecule is CCCCOc1nc(N)c2nc(O)n(Cc3ccc(C(=O)NCCNC(=O)c4ccc5nc(NC(=O)c6ccc7ccccc7c6)sc5c4)cc3)c2n1. The molecular weight excluding hydrogens is 695 g/mol. The third-order valence-corrected chi connectivity index (χ3v) is 9.38. The Morgan fingerprint density at radius 3 is 2.28 bits per heavy atom. The standard InChI is InChI=1S/C38H35N9O5S/c1-2-3-18-52-36-44-31(39)30-32(45-36)47(38(51)43-30)21-22-8-10-24(11-9-22)33(48)40-16-17-41-34(49)27-14-15-28-29(20-27)53-37(42-28)46-35(50)26-13-12-23-6-4-5-7-25(23)19-26/h4-15,19-20H,2-3,16-18,21H2,1H3,(H,40,48)(H,41,49)(H,43,51)(H2,39,44,45)(H,42,46,50). The normalized spacial score (nSPS) is 11.2. The van der Waals surface area contributed by atoms with Gasteiger partial charge in [0.2, 0.25) is 0 Å². The van der Waals surface area contributed by atoms with Crippen LogP contribution in [-0.4, -0.2) is 67.0 Å². The fraction of sp³-hybridized carbons (Fsp3) is 0.184. The number of nitrogen functional groups attached to an aromatic ring is 1. The minimum absolute atomic E-state index is 0.105. The molecule has 4 aromatic carbocycles. The molecule has 14 nitrogen and oxygen atoms in total. The van der Waals surface area contributed by atoms with Crippen molar-refractivity contribution in [3.8, 4) is 12.0 Å². The van der Waals surface area contributed by atoms with E-state index in [9.17, 15) is 19.5 Å². The summed E-state index contributed by atoms with van der Waals surface area (Å²) in [6, 6.07) is 25.2. The Labute approximate surface area is 307 Å². The minimum atomic E-state index is -0.305. The highest BCUT2D eigenvalue weighted by molar-refractivity contribution is 7.22. The molecule has 3 aromatic heterocycles. The number of nitrogens with two attached hydrogens (primary N) is 1. The van der Waals surface area contributed by atoms with E-state index < -0.39 is 0 Å². The van der Waals surface area contributed by atoms with Gasteiger partial charge in [-0.3, -0.25) is 24.3 Å². The molecule has 53 heavy (non-hydrogen) atoms.